The van der Waals surface area contributed by atoms with Gasteiger partial charge in [0.25, 0.3) is 5.91 Å². The number of benzene rings is 3. The number of carbonyl (C=O) groups is 1. The molecule has 0 aliphatic rings. The van der Waals surface area contributed by atoms with Gasteiger partial charge in [-0.2, -0.15) is 5.26 Å². The number of nitrogens with zero attached hydrogens (tertiary/aromatic N) is 1. The van der Waals surface area contributed by atoms with Crippen molar-refractivity contribution in [1.29, 1.82) is 5.26 Å². The Morgan fingerprint density at radius 1 is 1.17 bits per heavy atom. The summed E-state index contributed by atoms with van der Waals surface area (Å²) >= 11 is 6.08. The largest absolute Gasteiger partial charge is 0.493 e. The molecule has 0 saturated carbocycles. The third-order valence-electron chi connectivity index (χ3n) is 5.32. The van der Waals surface area contributed by atoms with Gasteiger partial charge in [-0.1, -0.05) is 47.5 Å². The molecule has 0 spiro atoms. The topological polar surface area (TPSA) is 71.4 Å². The maximum atomic E-state index is 12.8. The van der Waals surface area contributed by atoms with Crippen LogP contribution in [0.2, 0.25) is 5.02 Å². The average molecular weight is 487 g/mol. The van der Waals surface area contributed by atoms with Crippen LogP contribution in [-0.2, 0) is 17.8 Å². The zero-order chi connectivity index (χ0) is 25.4. The van der Waals surface area contributed by atoms with Crippen molar-refractivity contribution in [3.8, 4) is 17.6 Å². The first-order valence-corrected chi connectivity index (χ1v) is 11.4. The zero-order valence-electron chi connectivity index (χ0n) is 20.0. The Hall–Kier alpha value is -4.01. The number of allylic oxidation sites excluding steroid dienone is 1. The monoisotopic (exact) mass is 486 g/mol. The Labute approximate surface area is 211 Å². The molecule has 0 unspecified atom stereocenters. The van der Waals surface area contributed by atoms with Gasteiger partial charge < -0.3 is 14.8 Å². The molecule has 6 heteroatoms. The molecule has 0 aliphatic heterocycles. The fraction of sp³-hybridized carbons (Fsp3) is 0.172. The first-order chi connectivity index (χ1) is 16.8. The van der Waals surface area contributed by atoms with Gasteiger partial charge in [-0.05, 0) is 73.4 Å². The number of halogens is 1. The van der Waals surface area contributed by atoms with E-state index in [9.17, 15) is 10.1 Å². The fourth-order valence-corrected chi connectivity index (χ4v) is 3.84. The number of anilines is 1. The quantitative estimate of drug-likeness (QED) is 0.204. The van der Waals surface area contributed by atoms with Crippen molar-refractivity contribution >= 4 is 29.3 Å². The second-order valence-corrected chi connectivity index (χ2v) is 8.50. The molecule has 3 rings (SSSR count). The molecule has 0 aromatic heterocycles. The lowest BCUT2D eigenvalue weighted by molar-refractivity contribution is -0.112. The maximum Gasteiger partial charge on any atom is 0.266 e. The van der Waals surface area contributed by atoms with Crippen molar-refractivity contribution in [1.82, 2.24) is 0 Å². The summed E-state index contributed by atoms with van der Waals surface area (Å²) in [5.41, 5.74) is 5.03. The SMILES string of the molecule is C=CCc1cc(/C=C(\C#N)C(=O)Nc2ccc(C)cc2C)cc(OC)c1OCc1cccc(Cl)c1. The van der Waals surface area contributed by atoms with Crippen LogP contribution in [0.1, 0.15) is 27.8 Å². The van der Waals surface area contributed by atoms with E-state index in [1.165, 1.54) is 6.08 Å². The fourth-order valence-electron chi connectivity index (χ4n) is 3.63. The summed E-state index contributed by atoms with van der Waals surface area (Å²) in [4.78, 5) is 12.8. The molecule has 3 aromatic carbocycles. The van der Waals surface area contributed by atoms with Crippen molar-refractivity contribution in [3.63, 3.8) is 0 Å². The highest BCUT2D eigenvalue weighted by molar-refractivity contribution is 6.30. The van der Waals surface area contributed by atoms with E-state index in [1.54, 1.807) is 25.3 Å². The number of amides is 1. The first-order valence-electron chi connectivity index (χ1n) is 11.0. The molecule has 1 N–H and O–H groups in total. The minimum atomic E-state index is -0.482. The van der Waals surface area contributed by atoms with Crippen LogP contribution in [0.5, 0.6) is 11.5 Å². The van der Waals surface area contributed by atoms with Gasteiger partial charge in [-0.3, -0.25) is 4.79 Å². The van der Waals surface area contributed by atoms with Gasteiger partial charge >= 0.3 is 0 Å². The Kier molecular flexibility index (Phi) is 8.72. The van der Waals surface area contributed by atoms with E-state index in [1.807, 2.05) is 62.4 Å². The molecule has 0 saturated heterocycles. The zero-order valence-corrected chi connectivity index (χ0v) is 20.8. The van der Waals surface area contributed by atoms with E-state index in [2.05, 4.69) is 11.9 Å². The molecule has 0 fully saturated rings. The minimum Gasteiger partial charge on any atom is -0.493 e. The smallest absolute Gasteiger partial charge is 0.266 e. The number of nitrogens with one attached hydrogen (secondary N) is 1. The van der Waals surface area contributed by atoms with E-state index in [0.29, 0.717) is 40.8 Å². The van der Waals surface area contributed by atoms with Gasteiger partial charge in [0, 0.05) is 16.3 Å². The highest BCUT2D eigenvalue weighted by atomic mass is 35.5. The number of ether oxygens (including phenoxy) is 2. The molecular formula is C29H27ClN2O3. The molecule has 0 heterocycles. The summed E-state index contributed by atoms with van der Waals surface area (Å²) in [5.74, 6) is 0.581. The van der Waals surface area contributed by atoms with Crippen LogP contribution < -0.4 is 14.8 Å². The van der Waals surface area contributed by atoms with Crippen LogP contribution in [0, 0.1) is 25.2 Å². The number of nitriles is 1. The number of aryl methyl sites for hydroxylation is 2. The predicted molar refractivity (Wildman–Crippen MR) is 141 cm³/mol. The molecule has 0 atom stereocenters. The summed E-state index contributed by atoms with van der Waals surface area (Å²) in [6.45, 7) is 8.03. The third-order valence-corrected chi connectivity index (χ3v) is 5.55. The normalized spacial score (nSPS) is 10.9. The number of methoxy groups -OCH3 is 1. The summed E-state index contributed by atoms with van der Waals surface area (Å²) in [6.07, 6.45) is 3.81. The molecule has 0 bridgehead atoms. The van der Waals surface area contributed by atoms with Crippen LogP contribution in [0.4, 0.5) is 5.69 Å². The Morgan fingerprint density at radius 3 is 2.63 bits per heavy atom. The van der Waals surface area contributed by atoms with Crippen molar-refractivity contribution < 1.29 is 14.3 Å². The molecule has 178 valence electrons. The highest BCUT2D eigenvalue weighted by Gasteiger charge is 2.15. The molecule has 1 amide bonds. The van der Waals surface area contributed by atoms with Crippen LogP contribution in [0.15, 0.2) is 72.8 Å². The standard InChI is InChI=1S/C29H27ClN2O3/c1-5-7-23-13-22(14-24(17-31)29(33)32-26-11-10-19(2)12-20(26)3)16-27(34-4)28(23)35-18-21-8-6-9-25(30)15-21/h5-6,8-16H,1,7,18H2,2-4H3,(H,32,33)/b24-14+. The van der Waals surface area contributed by atoms with Gasteiger partial charge in [0.1, 0.15) is 18.2 Å². The van der Waals surface area contributed by atoms with Gasteiger partial charge in [0.15, 0.2) is 11.5 Å². The van der Waals surface area contributed by atoms with Crippen LogP contribution in [-0.4, -0.2) is 13.0 Å². The minimum absolute atomic E-state index is 0.0239. The lowest BCUT2D eigenvalue weighted by Crippen LogP contribution is -2.14. The Bertz CT molecular complexity index is 1320. The van der Waals surface area contributed by atoms with Gasteiger partial charge in [0.05, 0.1) is 7.11 Å². The maximum absolute atomic E-state index is 12.8. The number of rotatable bonds is 9. The third kappa shape index (κ3) is 6.75. The van der Waals surface area contributed by atoms with E-state index in [-0.39, 0.29) is 5.57 Å². The Balaban J connectivity index is 1.91. The molecule has 0 aliphatic carbocycles. The van der Waals surface area contributed by atoms with Crippen molar-refractivity contribution in [2.75, 3.05) is 12.4 Å². The van der Waals surface area contributed by atoms with Crippen molar-refractivity contribution in [2.45, 2.75) is 26.9 Å². The van der Waals surface area contributed by atoms with Crippen molar-refractivity contribution in [3.05, 3.63) is 106 Å². The van der Waals surface area contributed by atoms with Crippen LogP contribution in [0.3, 0.4) is 0 Å². The molecule has 35 heavy (non-hydrogen) atoms. The Morgan fingerprint density at radius 2 is 1.97 bits per heavy atom. The molecule has 0 radical (unpaired) electrons. The number of hydrogen-bond acceptors (Lipinski definition) is 4. The van der Waals surface area contributed by atoms with Crippen LogP contribution in [0.25, 0.3) is 6.08 Å². The molecule has 5 nitrogen and oxygen atoms in total. The summed E-state index contributed by atoms with van der Waals surface area (Å²) < 4.78 is 11.7. The summed E-state index contributed by atoms with van der Waals surface area (Å²) in [7, 11) is 1.55. The predicted octanol–water partition coefficient (Wildman–Crippen LogP) is 6.82. The number of hydrogen-bond donors (Lipinski definition) is 1. The average Bonchev–Trinajstić information content (AvgIpc) is 2.83. The summed E-state index contributed by atoms with van der Waals surface area (Å²) in [5, 5.41) is 13.1. The van der Waals surface area contributed by atoms with E-state index < -0.39 is 5.91 Å². The van der Waals surface area contributed by atoms with Crippen molar-refractivity contribution in [2.24, 2.45) is 0 Å². The second-order valence-electron chi connectivity index (χ2n) is 8.07. The van der Waals surface area contributed by atoms with Gasteiger partial charge in [-0.15, -0.1) is 6.58 Å². The van der Waals surface area contributed by atoms with E-state index >= 15 is 0 Å². The van der Waals surface area contributed by atoms with Crippen LogP contribution >= 0.6 is 11.6 Å². The van der Waals surface area contributed by atoms with Gasteiger partial charge in [0.2, 0.25) is 0 Å². The van der Waals surface area contributed by atoms with Gasteiger partial charge in [-0.25, -0.2) is 0 Å². The van der Waals surface area contributed by atoms with E-state index in [4.69, 9.17) is 21.1 Å². The highest BCUT2D eigenvalue weighted by Crippen LogP contribution is 2.35. The van der Waals surface area contributed by atoms with E-state index in [0.717, 1.165) is 22.3 Å². The molecular weight excluding hydrogens is 460 g/mol. The summed E-state index contributed by atoms with van der Waals surface area (Å²) in [6, 6.07) is 18.7. The first kappa shape index (κ1) is 25.6. The lowest BCUT2D eigenvalue weighted by Gasteiger charge is -2.16. The number of carbonyl (C=O) groups excluding carboxylic acids is 1. The molecule has 3 aromatic rings. The lowest BCUT2D eigenvalue weighted by atomic mass is 10.0. The second kappa shape index (κ2) is 11.9.